The standard InChI is InChI=1S/C41H44N4/c1-23(2)39-26(5)31-19-32-27(6)40(29-15-11-9-12-16-29)34(42-32)20-35-41(30-17-13-10-14-18-30)28(7)33(44-35)21-37-24(3)25(4)38(45(37)8)22-36(39)43-31/h9-23,32,38,42-44H,1-8H3/b31-19-,34-20-,36-22-,37-21?. The van der Waals surface area contributed by atoms with Gasteiger partial charge in [-0.2, -0.15) is 0 Å². The summed E-state index contributed by atoms with van der Waals surface area (Å²) in [5.41, 5.74) is 17.6. The van der Waals surface area contributed by atoms with Gasteiger partial charge < -0.3 is 20.2 Å². The quantitative estimate of drug-likeness (QED) is 0.227. The van der Waals surface area contributed by atoms with Crippen LogP contribution in [-0.4, -0.2) is 34.0 Å². The van der Waals surface area contributed by atoms with E-state index in [1.165, 1.54) is 72.1 Å². The Balaban J connectivity index is 1.56. The molecule has 8 bridgehead atoms. The van der Waals surface area contributed by atoms with E-state index in [1.807, 2.05) is 0 Å². The number of likely N-dealkylation sites (N-methyl/N-ethyl adjacent to an activating group) is 1. The van der Waals surface area contributed by atoms with Gasteiger partial charge in [0.05, 0.1) is 12.1 Å². The molecule has 2 aromatic carbocycles. The van der Waals surface area contributed by atoms with Crippen molar-refractivity contribution in [1.29, 1.82) is 0 Å². The van der Waals surface area contributed by atoms with E-state index in [-0.39, 0.29) is 12.1 Å². The number of aromatic amines is 2. The van der Waals surface area contributed by atoms with Crippen molar-refractivity contribution in [2.45, 2.75) is 66.5 Å². The van der Waals surface area contributed by atoms with E-state index in [0.717, 1.165) is 17.1 Å². The second-order valence-corrected chi connectivity index (χ2v) is 13.3. The van der Waals surface area contributed by atoms with Crippen molar-refractivity contribution in [2.75, 3.05) is 7.05 Å². The number of benzene rings is 2. The third kappa shape index (κ3) is 4.75. The topological polar surface area (TPSA) is 46.9 Å². The Morgan fingerprint density at radius 3 is 2.02 bits per heavy atom. The first kappa shape index (κ1) is 29.0. The van der Waals surface area contributed by atoms with E-state index >= 15 is 0 Å². The molecule has 3 aliphatic heterocycles. The molecule has 0 fully saturated rings. The third-order valence-corrected chi connectivity index (χ3v) is 10.3. The number of nitrogens with zero attached hydrogens (tertiary/aromatic N) is 1. The molecule has 0 aliphatic carbocycles. The predicted molar refractivity (Wildman–Crippen MR) is 191 cm³/mol. The van der Waals surface area contributed by atoms with E-state index in [4.69, 9.17) is 0 Å². The average Bonchev–Trinajstić information content (AvgIpc) is 3.68. The molecule has 2 unspecified atom stereocenters. The average molecular weight is 593 g/mol. The van der Waals surface area contributed by atoms with Gasteiger partial charge in [0.1, 0.15) is 0 Å². The van der Waals surface area contributed by atoms with Gasteiger partial charge in [0, 0.05) is 51.7 Å². The molecule has 0 radical (unpaired) electrons. The van der Waals surface area contributed by atoms with Gasteiger partial charge in [-0.05, 0) is 109 Å². The van der Waals surface area contributed by atoms with E-state index in [9.17, 15) is 0 Å². The maximum Gasteiger partial charge on any atom is 0.0710 e. The number of H-pyrrole nitrogens is 2. The molecule has 5 heterocycles. The van der Waals surface area contributed by atoms with Crippen LogP contribution in [0.4, 0.5) is 0 Å². The zero-order chi connectivity index (χ0) is 31.6. The highest BCUT2D eigenvalue weighted by Crippen LogP contribution is 2.40. The van der Waals surface area contributed by atoms with Gasteiger partial charge in [-0.15, -0.1) is 0 Å². The maximum absolute atomic E-state index is 3.94. The Morgan fingerprint density at radius 1 is 0.689 bits per heavy atom. The van der Waals surface area contributed by atoms with Crippen molar-refractivity contribution >= 4 is 29.9 Å². The molecule has 3 aliphatic rings. The summed E-state index contributed by atoms with van der Waals surface area (Å²) >= 11 is 0. The Labute approximate surface area is 267 Å². The van der Waals surface area contributed by atoms with Crippen LogP contribution in [0.15, 0.2) is 88.8 Å². The minimum atomic E-state index is 0.0600. The van der Waals surface area contributed by atoms with Crippen LogP contribution in [0.2, 0.25) is 0 Å². The number of hydrogen-bond acceptors (Lipinski definition) is 2. The normalized spacial score (nSPS) is 22.1. The molecule has 0 amide bonds. The molecule has 2 atom stereocenters. The third-order valence-electron chi connectivity index (χ3n) is 10.3. The number of fused-ring (bicyclic) bond motifs is 8. The van der Waals surface area contributed by atoms with E-state index < -0.39 is 0 Å². The van der Waals surface area contributed by atoms with Crippen molar-refractivity contribution in [3.8, 4) is 11.1 Å². The van der Waals surface area contributed by atoms with Gasteiger partial charge in [-0.3, -0.25) is 0 Å². The van der Waals surface area contributed by atoms with Crippen LogP contribution in [-0.2, 0) is 0 Å². The first-order chi connectivity index (χ1) is 21.6. The van der Waals surface area contributed by atoms with Crippen molar-refractivity contribution in [1.82, 2.24) is 20.2 Å². The molecule has 4 aromatic rings. The molecule has 0 spiro atoms. The van der Waals surface area contributed by atoms with E-state index in [2.05, 4.69) is 161 Å². The zero-order valence-electron chi connectivity index (χ0n) is 27.8. The van der Waals surface area contributed by atoms with Crippen LogP contribution in [0.5, 0.6) is 0 Å². The highest BCUT2D eigenvalue weighted by Gasteiger charge is 2.30. The highest BCUT2D eigenvalue weighted by atomic mass is 15.2. The second-order valence-electron chi connectivity index (χ2n) is 13.3. The Morgan fingerprint density at radius 2 is 1.36 bits per heavy atom. The first-order valence-corrected chi connectivity index (χ1v) is 16.2. The van der Waals surface area contributed by atoms with Gasteiger partial charge in [0.2, 0.25) is 0 Å². The smallest absolute Gasteiger partial charge is 0.0710 e. The molecule has 4 nitrogen and oxygen atoms in total. The summed E-state index contributed by atoms with van der Waals surface area (Å²) in [6.45, 7) is 16.0. The molecule has 228 valence electrons. The summed E-state index contributed by atoms with van der Waals surface area (Å²) in [7, 11) is 2.23. The van der Waals surface area contributed by atoms with Crippen LogP contribution >= 0.6 is 0 Å². The minimum absolute atomic E-state index is 0.0600. The number of aromatic nitrogens is 2. The SMILES string of the molecule is CC1=C(C)C2/C=c3\[nH]/c(c(C)c3C(C)C)=C\C3N/C(=C\c4[nH]c(c(C)c4-c4ccccc4)C=C1N2C)C(c1ccccc1)=C3C. The fourth-order valence-corrected chi connectivity index (χ4v) is 7.73. The monoisotopic (exact) mass is 592 g/mol. The lowest BCUT2D eigenvalue weighted by Crippen LogP contribution is -2.28. The lowest BCUT2D eigenvalue weighted by Gasteiger charge is -2.22. The Bertz CT molecular complexity index is 2060. The zero-order valence-corrected chi connectivity index (χ0v) is 27.8. The molecule has 2 aromatic heterocycles. The molecular formula is C41H44N4. The molecule has 0 saturated heterocycles. The second kappa shape index (κ2) is 11.0. The maximum atomic E-state index is 3.94. The molecule has 45 heavy (non-hydrogen) atoms. The lowest BCUT2D eigenvalue weighted by atomic mass is 9.96. The Hall–Kier alpha value is -4.70. The fraction of sp³-hybridized carbons (Fsp3) is 0.268. The van der Waals surface area contributed by atoms with Crippen molar-refractivity contribution in [2.24, 2.45) is 0 Å². The van der Waals surface area contributed by atoms with Gasteiger partial charge >= 0.3 is 0 Å². The van der Waals surface area contributed by atoms with Crippen molar-refractivity contribution in [3.63, 3.8) is 0 Å². The molecule has 3 N–H and O–H groups in total. The lowest BCUT2D eigenvalue weighted by molar-refractivity contribution is 0.438. The minimum Gasteiger partial charge on any atom is -0.374 e. The van der Waals surface area contributed by atoms with Gasteiger partial charge in [0.15, 0.2) is 0 Å². The molecular weight excluding hydrogens is 548 g/mol. The van der Waals surface area contributed by atoms with Crippen LogP contribution in [0, 0.1) is 13.8 Å². The van der Waals surface area contributed by atoms with Crippen LogP contribution in [0.25, 0.3) is 41.0 Å². The summed E-state index contributed by atoms with van der Waals surface area (Å²) < 4.78 is 0. The molecule has 4 heteroatoms. The highest BCUT2D eigenvalue weighted by molar-refractivity contribution is 5.92. The summed E-state index contributed by atoms with van der Waals surface area (Å²) in [6.07, 6.45) is 9.52. The predicted octanol–water partition coefficient (Wildman–Crippen LogP) is 7.80. The molecule has 7 rings (SSSR count). The van der Waals surface area contributed by atoms with Crippen LogP contribution < -0.4 is 16.0 Å². The van der Waals surface area contributed by atoms with Crippen molar-refractivity contribution in [3.05, 3.63) is 133 Å². The van der Waals surface area contributed by atoms with Crippen LogP contribution in [0.1, 0.15) is 74.2 Å². The van der Waals surface area contributed by atoms with E-state index in [0.29, 0.717) is 5.92 Å². The number of nitrogens with one attached hydrogen (secondary N) is 3. The summed E-state index contributed by atoms with van der Waals surface area (Å²) in [5, 5.41) is 6.37. The molecule has 0 saturated carbocycles. The largest absolute Gasteiger partial charge is 0.374 e. The van der Waals surface area contributed by atoms with E-state index in [1.54, 1.807) is 0 Å². The van der Waals surface area contributed by atoms with Crippen molar-refractivity contribution < 1.29 is 0 Å². The number of rotatable bonds is 3. The van der Waals surface area contributed by atoms with Crippen LogP contribution in [0.3, 0.4) is 0 Å². The number of hydrogen-bond donors (Lipinski definition) is 3. The van der Waals surface area contributed by atoms with Gasteiger partial charge in [-0.1, -0.05) is 74.5 Å². The summed E-state index contributed by atoms with van der Waals surface area (Å²) in [6, 6.07) is 21.8. The number of allylic oxidation sites excluding steroid dienone is 2. The fourth-order valence-electron chi connectivity index (χ4n) is 7.73. The summed E-state index contributed by atoms with van der Waals surface area (Å²) in [5.74, 6) is 0.406. The van der Waals surface area contributed by atoms with Gasteiger partial charge in [-0.25, -0.2) is 0 Å². The Kier molecular flexibility index (Phi) is 7.12. The first-order valence-electron chi connectivity index (χ1n) is 16.2. The van der Waals surface area contributed by atoms with Gasteiger partial charge in [0.25, 0.3) is 0 Å². The summed E-state index contributed by atoms with van der Waals surface area (Å²) in [4.78, 5) is 10.2.